The molecule has 0 amide bonds. The molecule has 0 heterocycles. The van der Waals surface area contributed by atoms with Crippen molar-refractivity contribution < 1.29 is 126 Å². The average Bonchev–Trinajstić information content (AvgIpc) is 2.31. The van der Waals surface area contributed by atoms with Gasteiger partial charge >= 0.3 is 57.4 Å². The van der Waals surface area contributed by atoms with Crippen molar-refractivity contribution in [2.24, 2.45) is 0 Å². The van der Waals surface area contributed by atoms with Crippen molar-refractivity contribution in [1.82, 2.24) is 0 Å². The minimum absolute atomic E-state index is 0. The fourth-order valence-corrected chi connectivity index (χ4v) is 1.22. The van der Waals surface area contributed by atoms with Crippen molar-refractivity contribution in [2.75, 3.05) is 12.3 Å². The standard InChI is InChI=1S/2C4H11P.2C4H9.2ClH.6Ti/c2*1-2-3-4-5;2*1-4(2)3;;;;;;;;/h2*2-5H2,1H3;2*1-3H3;2*1H;;;;;;/q;;2*-1;;;;;;;2*+2/p-2. The second kappa shape index (κ2) is 77.4. The van der Waals surface area contributed by atoms with Crippen molar-refractivity contribution in [2.45, 2.75) is 81.1 Å². The van der Waals surface area contributed by atoms with Gasteiger partial charge in [0.15, 0.2) is 0 Å². The van der Waals surface area contributed by atoms with Gasteiger partial charge in [0.2, 0.25) is 0 Å². The van der Waals surface area contributed by atoms with E-state index < -0.39 is 17.0 Å². The van der Waals surface area contributed by atoms with E-state index in [1.165, 1.54) is 49.8 Å². The molecule has 0 radical (unpaired) electrons. The van der Waals surface area contributed by atoms with Crippen LogP contribution in [-0.2, 0) is 126 Å². The summed E-state index contributed by atoms with van der Waals surface area (Å²) in [7, 11) is 15.2. The quantitative estimate of drug-likeness (QED) is 0.165. The summed E-state index contributed by atoms with van der Waals surface area (Å²) in [6, 6.07) is 0. The number of halogens is 2. The summed E-state index contributed by atoms with van der Waals surface area (Å²) < 4.78 is 0. The van der Waals surface area contributed by atoms with Crippen LogP contribution < -0.4 is 0 Å². The minimum Gasteiger partial charge on any atom is 0 e. The Kier molecular flexibility index (Phi) is 189. The molecule has 0 aromatic rings. The molecule has 26 heavy (non-hydrogen) atoms. The predicted octanol–water partition coefficient (Wildman–Crippen LogP) is 7.93. The molecule has 2 atom stereocenters. The maximum atomic E-state index is 4.89. The number of hydrogen-bond donors (Lipinski definition) is 0. The summed E-state index contributed by atoms with van der Waals surface area (Å²) in [5, 5.41) is 0. The summed E-state index contributed by atoms with van der Waals surface area (Å²) in [6.45, 7) is 16.9. The summed E-state index contributed by atoms with van der Waals surface area (Å²) >= 11 is -0.556. The normalized spacial score (nSPS) is 6.54. The molecule has 0 saturated carbocycles. The SMILES string of the molecule is CCCCP.CCCCP.C[C-](C)C.C[C-](C)C.[Cl][Ti][Cl].[Ti+2].[Ti].[Ti].[Ti].[Ti]. The van der Waals surface area contributed by atoms with Gasteiger partial charge in [0, 0.05) is 86.9 Å². The van der Waals surface area contributed by atoms with Crippen molar-refractivity contribution in [3.05, 3.63) is 11.8 Å². The monoisotopic (exact) mass is 652 g/mol. The van der Waals surface area contributed by atoms with Gasteiger partial charge in [-0.05, 0) is 12.3 Å². The Morgan fingerprint density at radius 2 is 0.769 bits per heavy atom. The number of rotatable bonds is 4. The summed E-state index contributed by atoms with van der Waals surface area (Å²) in [6.07, 6.45) is 7.87. The molecule has 0 aliphatic heterocycles. The van der Waals surface area contributed by atoms with E-state index in [1.807, 2.05) is 0 Å². The van der Waals surface area contributed by atoms with E-state index in [2.05, 4.69) is 73.9 Å². The van der Waals surface area contributed by atoms with Gasteiger partial charge < -0.3 is 11.8 Å². The third kappa shape index (κ3) is 259. The van der Waals surface area contributed by atoms with E-state index in [0.29, 0.717) is 0 Å². The molecule has 0 aromatic carbocycles. The third-order valence-electron chi connectivity index (χ3n) is 1.12. The molecule has 0 nitrogen and oxygen atoms in total. The molecular formula is C16H40Cl2P2Ti6. The van der Waals surface area contributed by atoms with Gasteiger partial charge in [0.05, 0.1) is 0 Å². The van der Waals surface area contributed by atoms with Crippen LogP contribution in [0.4, 0.5) is 0 Å². The predicted molar refractivity (Wildman–Crippen MR) is 111 cm³/mol. The molecule has 0 spiro atoms. The summed E-state index contributed by atoms with van der Waals surface area (Å²) in [5.74, 6) is 2.83. The van der Waals surface area contributed by atoms with E-state index in [1.54, 1.807) is 0 Å². The largest absolute Gasteiger partial charge is 2.00 e. The fourth-order valence-electron chi connectivity index (χ4n) is 0.408. The average molecular weight is 653 g/mol. The molecule has 0 bridgehead atoms. The molecule has 0 saturated heterocycles. The van der Waals surface area contributed by atoms with Crippen LogP contribution in [0.2, 0.25) is 0 Å². The topological polar surface area (TPSA) is 0 Å². The van der Waals surface area contributed by atoms with E-state index in [0.717, 1.165) is 0 Å². The summed E-state index contributed by atoms with van der Waals surface area (Å²) in [4.78, 5) is 0. The molecule has 0 aliphatic rings. The van der Waals surface area contributed by atoms with Crippen LogP contribution >= 0.6 is 37.1 Å². The zero-order valence-electron chi connectivity index (χ0n) is 18.2. The van der Waals surface area contributed by atoms with Crippen LogP contribution in [-0.4, -0.2) is 12.3 Å². The Morgan fingerprint density at radius 1 is 0.654 bits per heavy atom. The van der Waals surface area contributed by atoms with Gasteiger partial charge in [-0.15, -0.1) is 18.5 Å². The maximum absolute atomic E-state index is 4.89. The van der Waals surface area contributed by atoms with Crippen molar-refractivity contribution in [3.8, 4) is 0 Å². The van der Waals surface area contributed by atoms with Gasteiger partial charge in [-0.25, -0.2) is 0 Å². The number of unbranched alkanes of at least 4 members (excludes halogenated alkanes) is 2. The smallest absolute Gasteiger partial charge is 0 e. The molecule has 152 valence electrons. The first-order chi connectivity index (χ1) is 9.71. The Morgan fingerprint density at radius 3 is 0.769 bits per heavy atom. The third-order valence-corrected chi connectivity index (χ3v) is 1.93. The Labute approximate surface area is 263 Å². The van der Waals surface area contributed by atoms with Crippen LogP contribution in [0.15, 0.2) is 0 Å². The molecule has 10 heteroatoms. The zero-order chi connectivity index (χ0) is 18.1. The second-order valence-electron chi connectivity index (χ2n) is 5.36. The van der Waals surface area contributed by atoms with Gasteiger partial charge in [-0.3, -0.25) is 0 Å². The van der Waals surface area contributed by atoms with Crippen LogP contribution in [0.3, 0.4) is 0 Å². The molecule has 0 fully saturated rings. The van der Waals surface area contributed by atoms with Crippen LogP contribution in [0.1, 0.15) is 81.1 Å². The molecule has 0 N–H and O–H groups in total. The first kappa shape index (κ1) is 63.5. The zero-order valence-corrected chi connectivity index (χ0v) is 31.3. The van der Waals surface area contributed by atoms with Gasteiger partial charge in [0.25, 0.3) is 0 Å². The van der Waals surface area contributed by atoms with Crippen molar-refractivity contribution in [1.29, 1.82) is 0 Å². The maximum Gasteiger partial charge on any atom is 2.00 e. The Bertz CT molecular complexity index is 109. The number of hydrogen-bond acceptors (Lipinski definition) is 0. The summed E-state index contributed by atoms with van der Waals surface area (Å²) in [5.41, 5.74) is 0. The first-order valence-electron chi connectivity index (χ1n) is 7.61. The molecule has 0 aliphatic carbocycles. The van der Waals surface area contributed by atoms with Gasteiger partial charge in [-0.1, -0.05) is 39.5 Å². The minimum atomic E-state index is -0.556. The Balaban J connectivity index is -0.0000000148. The van der Waals surface area contributed by atoms with E-state index in [-0.39, 0.29) is 109 Å². The van der Waals surface area contributed by atoms with Crippen LogP contribution in [0, 0.1) is 11.8 Å². The Hall–Kier alpha value is 5.73. The van der Waals surface area contributed by atoms with E-state index in [9.17, 15) is 0 Å². The van der Waals surface area contributed by atoms with Crippen molar-refractivity contribution in [3.63, 3.8) is 0 Å². The van der Waals surface area contributed by atoms with Crippen molar-refractivity contribution >= 4 is 37.1 Å². The molecule has 0 aromatic heterocycles. The first-order valence-corrected chi connectivity index (χ1v) is 13.5. The van der Waals surface area contributed by atoms with Gasteiger partial charge in [0.1, 0.15) is 0 Å². The molecular weight excluding hydrogens is 612 g/mol. The molecule has 2 unspecified atom stereocenters. The van der Waals surface area contributed by atoms with Crippen LogP contribution in [0.25, 0.3) is 0 Å². The van der Waals surface area contributed by atoms with Gasteiger partial charge in [-0.2, -0.15) is 41.5 Å². The van der Waals surface area contributed by atoms with E-state index >= 15 is 0 Å². The fraction of sp³-hybridized carbons (Fsp3) is 0.875. The molecule has 0 rings (SSSR count). The van der Waals surface area contributed by atoms with E-state index in [4.69, 9.17) is 18.6 Å². The van der Waals surface area contributed by atoms with Crippen LogP contribution in [0.5, 0.6) is 0 Å². The second-order valence-corrected chi connectivity index (χ2v) is 9.09.